The fraction of sp³-hybridized carbons (Fsp3) is 0.333. The highest BCUT2D eigenvalue weighted by atomic mass is 35.5. The zero-order chi connectivity index (χ0) is 24.2. The van der Waals surface area contributed by atoms with Crippen molar-refractivity contribution in [2.75, 3.05) is 12.4 Å². The summed E-state index contributed by atoms with van der Waals surface area (Å²) in [6, 6.07) is 11.3. The number of benzene rings is 2. The van der Waals surface area contributed by atoms with Gasteiger partial charge in [0.2, 0.25) is 17.7 Å². The number of hydrogen-bond donors (Lipinski definition) is 3. The van der Waals surface area contributed by atoms with Crippen LogP contribution in [0.1, 0.15) is 24.0 Å². The van der Waals surface area contributed by atoms with E-state index in [0.717, 1.165) is 5.56 Å². The van der Waals surface area contributed by atoms with E-state index < -0.39 is 47.1 Å². The fourth-order valence-corrected chi connectivity index (χ4v) is 5.67. The number of imide groups is 1. The third-order valence-electron chi connectivity index (χ3n) is 6.96. The summed E-state index contributed by atoms with van der Waals surface area (Å²) in [4.78, 5) is 53.1. The van der Waals surface area contributed by atoms with Crippen LogP contribution in [0.15, 0.2) is 42.5 Å². The maximum atomic E-state index is 13.7. The first kappa shape index (κ1) is 22.4. The van der Waals surface area contributed by atoms with Crippen LogP contribution in [0.4, 0.5) is 5.69 Å². The molecule has 2 aromatic rings. The molecule has 0 unspecified atom stereocenters. The average Bonchev–Trinajstić information content (AvgIpc) is 3.40. The smallest absolute Gasteiger partial charge is 0.303 e. The fourth-order valence-electron chi connectivity index (χ4n) is 5.45. The molecule has 0 saturated carbocycles. The molecule has 9 nitrogen and oxygen atoms in total. The number of halogens is 1. The highest BCUT2D eigenvalue weighted by molar-refractivity contribution is 6.35. The van der Waals surface area contributed by atoms with E-state index in [1.807, 2.05) is 0 Å². The Balaban J connectivity index is 1.56. The van der Waals surface area contributed by atoms with E-state index >= 15 is 0 Å². The predicted molar refractivity (Wildman–Crippen MR) is 121 cm³/mol. The Bertz CT molecular complexity index is 1220. The summed E-state index contributed by atoms with van der Waals surface area (Å²) >= 11 is 6.31. The number of ether oxygens (including phenoxy) is 1. The number of fused-ring (bicyclic) bond motifs is 4. The van der Waals surface area contributed by atoms with Gasteiger partial charge in [-0.1, -0.05) is 35.9 Å². The van der Waals surface area contributed by atoms with Crippen LogP contribution in [0.5, 0.6) is 5.75 Å². The van der Waals surface area contributed by atoms with Crippen LogP contribution in [0.3, 0.4) is 0 Å². The standard InChI is InChI=1S/C24H22ClN3O6/c1-34-13-7-5-12(6-8-13)11-28-21(31)18-16(9-10-17(29)30)27-24(19(18)22(28)32)14-3-2-4-15(25)20(14)26-23(24)33/h2-8,16,18-19,27H,9-11H2,1H3,(H,26,33)(H,29,30)/t16-,18-,19-,24-/m0/s1. The predicted octanol–water partition coefficient (Wildman–Crippen LogP) is 2.13. The molecule has 3 heterocycles. The molecule has 0 bridgehead atoms. The Morgan fingerprint density at radius 1 is 1.15 bits per heavy atom. The number of para-hydroxylation sites is 1. The van der Waals surface area contributed by atoms with Gasteiger partial charge in [0.05, 0.1) is 36.2 Å². The molecule has 10 heteroatoms. The summed E-state index contributed by atoms with van der Waals surface area (Å²) in [5, 5.41) is 15.5. The van der Waals surface area contributed by atoms with Gasteiger partial charge in [-0.3, -0.25) is 29.4 Å². The van der Waals surface area contributed by atoms with Gasteiger partial charge in [0.1, 0.15) is 11.3 Å². The van der Waals surface area contributed by atoms with Crippen molar-refractivity contribution in [3.63, 3.8) is 0 Å². The minimum atomic E-state index is -1.50. The molecule has 0 aliphatic carbocycles. The van der Waals surface area contributed by atoms with Crippen LogP contribution in [0, 0.1) is 11.8 Å². The van der Waals surface area contributed by atoms with Crippen molar-refractivity contribution in [3.05, 3.63) is 58.6 Å². The highest BCUT2D eigenvalue weighted by Crippen LogP contribution is 2.54. The van der Waals surface area contributed by atoms with Crippen LogP contribution in [0.2, 0.25) is 5.02 Å². The van der Waals surface area contributed by atoms with Crippen LogP contribution in [-0.4, -0.2) is 46.8 Å². The number of likely N-dealkylation sites (tertiary alicyclic amines) is 1. The zero-order valence-electron chi connectivity index (χ0n) is 18.2. The van der Waals surface area contributed by atoms with E-state index in [1.165, 1.54) is 4.90 Å². The molecule has 34 heavy (non-hydrogen) atoms. The molecule has 3 amide bonds. The molecule has 3 aliphatic rings. The average molecular weight is 484 g/mol. The quantitative estimate of drug-likeness (QED) is 0.537. The number of anilines is 1. The van der Waals surface area contributed by atoms with E-state index in [-0.39, 0.29) is 19.4 Å². The Hall–Kier alpha value is -3.43. The van der Waals surface area contributed by atoms with Crippen LogP contribution < -0.4 is 15.4 Å². The Morgan fingerprint density at radius 3 is 2.56 bits per heavy atom. The maximum Gasteiger partial charge on any atom is 0.303 e. The summed E-state index contributed by atoms with van der Waals surface area (Å²) < 4.78 is 5.16. The summed E-state index contributed by atoms with van der Waals surface area (Å²) in [7, 11) is 1.55. The molecular weight excluding hydrogens is 462 g/mol. The molecule has 0 aromatic heterocycles. The summed E-state index contributed by atoms with van der Waals surface area (Å²) in [5.41, 5.74) is 0.111. The lowest BCUT2D eigenvalue weighted by Crippen LogP contribution is -2.53. The van der Waals surface area contributed by atoms with Crippen molar-refractivity contribution in [1.29, 1.82) is 0 Å². The molecule has 176 valence electrons. The van der Waals surface area contributed by atoms with Crippen LogP contribution >= 0.6 is 11.6 Å². The molecule has 3 aliphatic heterocycles. The number of hydrogen-bond acceptors (Lipinski definition) is 6. The first-order valence-corrected chi connectivity index (χ1v) is 11.2. The number of methoxy groups -OCH3 is 1. The van der Waals surface area contributed by atoms with Gasteiger partial charge >= 0.3 is 5.97 Å². The van der Waals surface area contributed by atoms with Gasteiger partial charge in [-0.05, 0) is 30.2 Å². The number of rotatable bonds is 6. The number of carbonyl (C=O) groups excluding carboxylic acids is 3. The largest absolute Gasteiger partial charge is 0.497 e. The monoisotopic (exact) mass is 483 g/mol. The van der Waals surface area contributed by atoms with Gasteiger partial charge in [-0.25, -0.2) is 0 Å². The summed E-state index contributed by atoms with van der Waals surface area (Å²) in [6.07, 6.45) is -0.113. The Kier molecular flexibility index (Phi) is 5.33. The maximum absolute atomic E-state index is 13.7. The number of carboxylic acids is 1. The number of carbonyl (C=O) groups is 4. The minimum absolute atomic E-state index is 0.0421. The van der Waals surface area contributed by atoms with Gasteiger partial charge in [0.25, 0.3) is 0 Å². The van der Waals surface area contributed by atoms with E-state index in [1.54, 1.807) is 49.6 Å². The zero-order valence-corrected chi connectivity index (χ0v) is 19.0. The van der Waals surface area contributed by atoms with Gasteiger partial charge in [0.15, 0.2) is 0 Å². The Morgan fingerprint density at radius 2 is 1.88 bits per heavy atom. The lowest BCUT2D eigenvalue weighted by Gasteiger charge is -2.29. The molecular formula is C24H22ClN3O6. The molecule has 2 fully saturated rings. The molecule has 2 aromatic carbocycles. The van der Waals surface area contributed by atoms with E-state index in [0.29, 0.717) is 22.0 Å². The van der Waals surface area contributed by atoms with Crippen molar-refractivity contribution in [3.8, 4) is 5.75 Å². The minimum Gasteiger partial charge on any atom is -0.497 e. The van der Waals surface area contributed by atoms with Crippen LogP contribution in [-0.2, 0) is 31.3 Å². The second-order valence-corrected chi connectivity index (χ2v) is 9.13. The second-order valence-electron chi connectivity index (χ2n) is 8.72. The van der Waals surface area contributed by atoms with Crippen molar-refractivity contribution >= 4 is 41.0 Å². The van der Waals surface area contributed by atoms with E-state index in [4.69, 9.17) is 16.3 Å². The number of carboxylic acid groups (broad SMARTS) is 1. The number of nitrogens with one attached hydrogen (secondary N) is 2. The number of nitrogens with zero attached hydrogens (tertiary/aromatic N) is 1. The molecule has 5 rings (SSSR count). The van der Waals surface area contributed by atoms with Crippen molar-refractivity contribution in [1.82, 2.24) is 10.2 Å². The van der Waals surface area contributed by atoms with Gasteiger partial charge in [-0.15, -0.1) is 0 Å². The number of amides is 3. The van der Waals surface area contributed by atoms with Gasteiger partial charge < -0.3 is 15.2 Å². The van der Waals surface area contributed by atoms with E-state index in [2.05, 4.69) is 10.6 Å². The normalized spacial score (nSPS) is 27.2. The first-order valence-electron chi connectivity index (χ1n) is 10.9. The van der Waals surface area contributed by atoms with Crippen molar-refractivity contribution in [2.45, 2.75) is 31.0 Å². The van der Waals surface area contributed by atoms with Gasteiger partial charge in [0, 0.05) is 18.0 Å². The number of aliphatic carboxylic acids is 1. The summed E-state index contributed by atoms with van der Waals surface area (Å²) in [5.74, 6) is -3.64. The van der Waals surface area contributed by atoms with Gasteiger partial charge in [-0.2, -0.15) is 0 Å². The Labute approximate surface area is 200 Å². The third-order valence-corrected chi connectivity index (χ3v) is 7.27. The second kappa shape index (κ2) is 8.11. The van der Waals surface area contributed by atoms with E-state index in [9.17, 15) is 24.3 Å². The van der Waals surface area contributed by atoms with Crippen LogP contribution in [0.25, 0.3) is 0 Å². The SMILES string of the molecule is COc1ccc(CN2C(=O)[C@H]3[C@H](CCC(=O)O)N[C@]4(C(=O)Nc5c(Cl)cccc54)[C@@H]3C2=O)cc1. The highest BCUT2D eigenvalue weighted by Gasteiger charge is 2.70. The topological polar surface area (TPSA) is 125 Å². The van der Waals surface area contributed by atoms with Crippen molar-refractivity contribution < 1.29 is 29.0 Å². The lowest BCUT2D eigenvalue weighted by atomic mass is 9.76. The van der Waals surface area contributed by atoms with Crippen molar-refractivity contribution in [2.24, 2.45) is 11.8 Å². The molecule has 4 atom stereocenters. The molecule has 3 N–H and O–H groups in total. The molecule has 0 radical (unpaired) electrons. The first-order chi connectivity index (χ1) is 16.3. The molecule has 2 saturated heterocycles. The lowest BCUT2D eigenvalue weighted by molar-refractivity contribution is -0.144. The third kappa shape index (κ3) is 3.19. The molecule has 1 spiro atoms. The summed E-state index contributed by atoms with van der Waals surface area (Å²) in [6.45, 7) is 0.0421.